The predicted octanol–water partition coefficient (Wildman–Crippen LogP) is 6.91. The van der Waals surface area contributed by atoms with Gasteiger partial charge in [-0.05, 0) is 116 Å². The number of rotatable bonds is 4. The smallest absolute Gasteiger partial charge is 0.410 e. The van der Waals surface area contributed by atoms with Crippen molar-refractivity contribution < 1.29 is 23.8 Å². The molecule has 5 aliphatic carbocycles. The average molecular weight is 571 g/mol. The molecule has 2 N–H and O–H groups in total. The van der Waals surface area contributed by atoms with Crippen LogP contribution in [-0.2, 0) is 14.2 Å². The number of likely N-dealkylation sites (tertiary alicyclic amines) is 1. The summed E-state index contributed by atoms with van der Waals surface area (Å²) in [5.41, 5.74) is 6.84. The lowest BCUT2D eigenvalue weighted by atomic mass is 9.42. The molecule has 7 unspecified atom stereocenters. The molecule has 7 rings (SSSR count). The number of hydrogen-bond acceptors (Lipinski definition) is 5. The molecule has 0 radical (unpaired) electrons. The second-order valence-corrected chi connectivity index (χ2v) is 16.8. The summed E-state index contributed by atoms with van der Waals surface area (Å²) < 4.78 is 18.9. The highest BCUT2D eigenvalue weighted by Crippen LogP contribution is 2.89. The molecule has 7 fully saturated rings. The van der Waals surface area contributed by atoms with Crippen molar-refractivity contribution in [3.63, 3.8) is 0 Å². The fourth-order valence-electron chi connectivity index (χ4n) is 12.7. The van der Waals surface area contributed by atoms with E-state index in [1.165, 1.54) is 44.9 Å². The number of nitrogens with zero attached hydrogens (tertiary/aromatic N) is 1. The van der Waals surface area contributed by atoms with Crippen LogP contribution in [0.2, 0.25) is 0 Å². The van der Waals surface area contributed by atoms with Gasteiger partial charge in [-0.2, -0.15) is 0 Å². The lowest BCUT2D eigenvalue weighted by Crippen LogP contribution is -2.58. The van der Waals surface area contributed by atoms with Gasteiger partial charge in [0.15, 0.2) is 0 Å². The summed E-state index contributed by atoms with van der Waals surface area (Å²) in [6.45, 7) is 15.9. The Morgan fingerprint density at radius 2 is 1.61 bits per heavy atom. The van der Waals surface area contributed by atoms with Gasteiger partial charge in [0.25, 0.3) is 0 Å². The minimum Gasteiger partial charge on any atom is -0.446 e. The van der Waals surface area contributed by atoms with Crippen molar-refractivity contribution in [2.75, 3.05) is 13.1 Å². The number of hydrogen-bond donors (Lipinski definition) is 1. The van der Waals surface area contributed by atoms with Gasteiger partial charge in [-0.15, -0.1) is 0 Å². The van der Waals surface area contributed by atoms with Gasteiger partial charge in [-0.3, -0.25) is 0 Å². The van der Waals surface area contributed by atoms with Crippen LogP contribution in [0.4, 0.5) is 9.59 Å². The molecule has 230 valence electrons. The molecule has 0 aromatic carbocycles. The van der Waals surface area contributed by atoms with Crippen LogP contribution in [0.15, 0.2) is 0 Å². The van der Waals surface area contributed by atoms with E-state index in [4.69, 9.17) is 19.9 Å². The summed E-state index contributed by atoms with van der Waals surface area (Å²) >= 11 is 0. The molecule has 0 aromatic heterocycles. The van der Waals surface area contributed by atoms with Crippen LogP contribution in [0.1, 0.15) is 112 Å². The van der Waals surface area contributed by atoms with Gasteiger partial charge in [0, 0.05) is 18.5 Å². The topological polar surface area (TPSA) is 91.1 Å². The highest BCUT2D eigenvalue weighted by molar-refractivity contribution is 5.68. The SMILES string of the molecule is CC(C)C(OC(=O)N1CCC1)C1CCC2C(C[C@@]3(C)C4CC[C@H]5C(C)(C)[C@@H](OC(N)=O)CCC56C[C@@]46CCC23C)O1. The molecule has 2 aliphatic heterocycles. The fraction of sp³-hybridized carbons (Fsp3) is 0.941. The van der Waals surface area contributed by atoms with Crippen LogP contribution in [0, 0.1) is 50.7 Å². The first-order chi connectivity index (χ1) is 19.3. The number of primary amides is 1. The standard InChI is InChI=1S/C34H54N2O5/c1-20(2)27(41-29(38)36-16-7-17-36)22-9-8-21-23(39-22)18-32(6)25-11-10-24-30(3,4)26(40-28(35)37)12-13-33(24)19-34(25,33)15-14-31(21,32)5/h20-27H,7-19H2,1-6H3,(H2,35,37)/t21?,22?,23?,24-,25?,26-,27?,31?,32-,33?,34-/m0/s1. The summed E-state index contributed by atoms with van der Waals surface area (Å²) in [6, 6.07) is 0. The van der Waals surface area contributed by atoms with Gasteiger partial charge in [0.1, 0.15) is 12.2 Å². The second-order valence-electron chi connectivity index (χ2n) is 16.8. The minimum absolute atomic E-state index is 0.00729. The highest BCUT2D eigenvalue weighted by atomic mass is 16.6. The van der Waals surface area contributed by atoms with Crippen molar-refractivity contribution in [2.45, 2.75) is 137 Å². The van der Waals surface area contributed by atoms with Crippen LogP contribution in [0.3, 0.4) is 0 Å². The normalized spacial score (nSPS) is 49.8. The number of fused-ring (bicyclic) bond motifs is 4. The molecule has 2 spiro atoms. The zero-order chi connectivity index (χ0) is 29.2. The van der Waals surface area contributed by atoms with E-state index in [0.29, 0.717) is 28.1 Å². The van der Waals surface area contributed by atoms with Gasteiger partial charge in [-0.25, -0.2) is 9.59 Å². The van der Waals surface area contributed by atoms with Crippen molar-refractivity contribution in [1.82, 2.24) is 4.90 Å². The van der Waals surface area contributed by atoms with E-state index in [1.807, 2.05) is 4.90 Å². The van der Waals surface area contributed by atoms with Gasteiger partial charge in [-0.1, -0.05) is 41.5 Å². The van der Waals surface area contributed by atoms with Crippen LogP contribution < -0.4 is 5.73 Å². The summed E-state index contributed by atoms with van der Waals surface area (Å²) in [5.74, 6) is 2.14. The van der Waals surface area contributed by atoms with Crippen LogP contribution >= 0.6 is 0 Å². The van der Waals surface area contributed by atoms with Crippen molar-refractivity contribution in [2.24, 2.45) is 56.5 Å². The molecular formula is C34H54N2O5. The van der Waals surface area contributed by atoms with E-state index < -0.39 is 6.09 Å². The van der Waals surface area contributed by atoms with E-state index in [9.17, 15) is 9.59 Å². The van der Waals surface area contributed by atoms with E-state index in [0.717, 1.165) is 44.7 Å². The number of carbonyl (C=O) groups is 2. The summed E-state index contributed by atoms with van der Waals surface area (Å²) in [6.07, 6.45) is 12.2. The number of amides is 2. The molecule has 2 amide bonds. The van der Waals surface area contributed by atoms with E-state index in [1.54, 1.807) is 0 Å². The Bertz CT molecular complexity index is 1100. The van der Waals surface area contributed by atoms with Crippen LogP contribution in [-0.4, -0.2) is 54.6 Å². The maximum Gasteiger partial charge on any atom is 0.410 e. The van der Waals surface area contributed by atoms with E-state index in [-0.39, 0.29) is 47.3 Å². The Balaban J connectivity index is 1.11. The van der Waals surface area contributed by atoms with Gasteiger partial charge in [0.05, 0.1) is 12.2 Å². The first-order valence-electron chi connectivity index (χ1n) is 16.9. The summed E-state index contributed by atoms with van der Waals surface area (Å²) in [5, 5.41) is 0. The lowest BCUT2D eigenvalue weighted by molar-refractivity contribution is -0.164. The molecule has 7 aliphatic rings. The quantitative estimate of drug-likeness (QED) is 0.396. The molecule has 11 atom stereocenters. The van der Waals surface area contributed by atoms with Crippen molar-refractivity contribution in [3.05, 3.63) is 0 Å². The van der Waals surface area contributed by atoms with Gasteiger partial charge >= 0.3 is 12.2 Å². The van der Waals surface area contributed by atoms with E-state index in [2.05, 4.69) is 41.5 Å². The Morgan fingerprint density at radius 1 is 0.902 bits per heavy atom. The third-order valence-electron chi connectivity index (χ3n) is 15.0. The Hall–Kier alpha value is -1.50. The highest BCUT2D eigenvalue weighted by Gasteiger charge is 2.83. The largest absolute Gasteiger partial charge is 0.446 e. The zero-order valence-electron chi connectivity index (χ0n) is 26.4. The van der Waals surface area contributed by atoms with Crippen LogP contribution in [0.25, 0.3) is 0 Å². The summed E-state index contributed by atoms with van der Waals surface area (Å²) in [4.78, 5) is 26.3. The predicted molar refractivity (Wildman–Crippen MR) is 156 cm³/mol. The van der Waals surface area contributed by atoms with E-state index >= 15 is 0 Å². The summed E-state index contributed by atoms with van der Waals surface area (Å²) in [7, 11) is 0. The second kappa shape index (κ2) is 9.01. The Kier molecular flexibility index (Phi) is 6.22. The van der Waals surface area contributed by atoms with Crippen molar-refractivity contribution in [1.29, 1.82) is 0 Å². The minimum atomic E-state index is -0.624. The molecule has 0 bridgehead atoms. The molecular weight excluding hydrogens is 516 g/mol. The molecule has 2 saturated heterocycles. The third-order valence-corrected chi connectivity index (χ3v) is 15.0. The molecule has 2 heterocycles. The Morgan fingerprint density at radius 3 is 2.27 bits per heavy atom. The molecule has 5 saturated carbocycles. The van der Waals surface area contributed by atoms with Crippen molar-refractivity contribution >= 4 is 12.2 Å². The van der Waals surface area contributed by atoms with Crippen LogP contribution in [0.5, 0.6) is 0 Å². The first-order valence-corrected chi connectivity index (χ1v) is 16.9. The average Bonchev–Trinajstić information content (AvgIpc) is 3.46. The molecule has 41 heavy (non-hydrogen) atoms. The molecule has 0 aromatic rings. The van der Waals surface area contributed by atoms with Crippen molar-refractivity contribution in [3.8, 4) is 0 Å². The number of nitrogens with two attached hydrogens (primary N) is 1. The third kappa shape index (κ3) is 3.65. The molecule has 7 heteroatoms. The van der Waals surface area contributed by atoms with Gasteiger partial charge < -0.3 is 24.8 Å². The Labute approximate surface area is 247 Å². The number of ether oxygens (including phenoxy) is 3. The molecule has 7 nitrogen and oxygen atoms in total. The number of carbonyl (C=O) groups excluding carboxylic acids is 2. The maximum atomic E-state index is 12.8. The first kappa shape index (κ1) is 28.3. The maximum absolute atomic E-state index is 12.8. The van der Waals surface area contributed by atoms with Gasteiger partial charge in [0.2, 0.25) is 0 Å². The zero-order valence-corrected chi connectivity index (χ0v) is 26.4. The monoisotopic (exact) mass is 570 g/mol. The lowest BCUT2D eigenvalue weighted by Gasteiger charge is -2.63. The fourth-order valence-corrected chi connectivity index (χ4v) is 12.7.